The minimum Gasteiger partial charge on any atom is -0.464 e. The molecule has 0 aliphatic carbocycles. The first-order valence-corrected chi connectivity index (χ1v) is 5.88. The SMILES string of the molecule is NNC(=O)c1cccc2c1-c1ccccc1C=CO2. The Morgan fingerprint density at radius 3 is 2.79 bits per heavy atom. The van der Waals surface area contributed by atoms with Crippen molar-refractivity contribution in [3.8, 4) is 16.9 Å². The fourth-order valence-electron chi connectivity index (χ4n) is 2.22. The highest BCUT2D eigenvalue weighted by atomic mass is 16.5. The van der Waals surface area contributed by atoms with E-state index in [0.717, 1.165) is 16.7 Å². The number of nitrogens with two attached hydrogens (primary N) is 1. The van der Waals surface area contributed by atoms with Gasteiger partial charge in [0.15, 0.2) is 0 Å². The molecule has 0 saturated carbocycles. The Balaban J connectivity index is 2.32. The number of carbonyl (C=O) groups excluding carboxylic acids is 1. The van der Waals surface area contributed by atoms with Crippen LogP contribution in [-0.4, -0.2) is 5.91 Å². The van der Waals surface area contributed by atoms with Crippen molar-refractivity contribution < 1.29 is 9.53 Å². The second-order valence-electron chi connectivity index (χ2n) is 4.16. The van der Waals surface area contributed by atoms with Crippen LogP contribution >= 0.6 is 0 Å². The molecule has 19 heavy (non-hydrogen) atoms. The van der Waals surface area contributed by atoms with Gasteiger partial charge in [-0.3, -0.25) is 10.2 Å². The summed E-state index contributed by atoms with van der Waals surface area (Å²) in [6.07, 6.45) is 3.49. The summed E-state index contributed by atoms with van der Waals surface area (Å²) < 4.78 is 5.56. The average Bonchev–Trinajstić information content (AvgIpc) is 2.65. The summed E-state index contributed by atoms with van der Waals surface area (Å²) in [5.74, 6) is 5.55. The van der Waals surface area contributed by atoms with Crippen LogP contribution in [0.4, 0.5) is 0 Å². The number of nitrogens with one attached hydrogen (secondary N) is 1. The largest absolute Gasteiger partial charge is 0.464 e. The molecule has 0 fully saturated rings. The lowest BCUT2D eigenvalue weighted by Gasteiger charge is -2.12. The first-order chi connectivity index (χ1) is 9.31. The van der Waals surface area contributed by atoms with E-state index in [1.165, 1.54) is 0 Å². The van der Waals surface area contributed by atoms with Crippen molar-refractivity contribution in [2.24, 2.45) is 5.84 Å². The Bertz CT molecular complexity index is 678. The normalized spacial score (nSPS) is 11.8. The summed E-state index contributed by atoms with van der Waals surface area (Å²) in [5, 5.41) is 0. The maximum atomic E-state index is 11.9. The van der Waals surface area contributed by atoms with Crippen LogP contribution in [0.5, 0.6) is 5.75 Å². The van der Waals surface area contributed by atoms with Gasteiger partial charge in [-0.15, -0.1) is 0 Å². The molecular formula is C15H12N2O2. The van der Waals surface area contributed by atoms with Gasteiger partial charge in [0.2, 0.25) is 0 Å². The van der Waals surface area contributed by atoms with Gasteiger partial charge in [-0.2, -0.15) is 0 Å². The van der Waals surface area contributed by atoms with Crippen molar-refractivity contribution in [3.63, 3.8) is 0 Å². The van der Waals surface area contributed by atoms with Crippen molar-refractivity contribution in [1.82, 2.24) is 5.43 Å². The van der Waals surface area contributed by atoms with Gasteiger partial charge in [-0.25, -0.2) is 5.84 Å². The molecule has 4 heteroatoms. The highest BCUT2D eigenvalue weighted by Crippen LogP contribution is 2.38. The summed E-state index contributed by atoms with van der Waals surface area (Å²) >= 11 is 0. The van der Waals surface area contributed by atoms with E-state index in [9.17, 15) is 4.79 Å². The number of hydrogen-bond acceptors (Lipinski definition) is 3. The van der Waals surface area contributed by atoms with Crippen molar-refractivity contribution in [2.75, 3.05) is 0 Å². The second-order valence-corrected chi connectivity index (χ2v) is 4.16. The molecule has 4 nitrogen and oxygen atoms in total. The summed E-state index contributed by atoms with van der Waals surface area (Å²) in [5.41, 5.74) is 5.37. The predicted octanol–water partition coefficient (Wildman–Crippen LogP) is 2.32. The van der Waals surface area contributed by atoms with Gasteiger partial charge in [0.1, 0.15) is 5.75 Å². The van der Waals surface area contributed by atoms with Crippen LogP contribution in [0.25, 0.3) is 17.2 Å². The molecule has 0 spiro atoms. The molecule has 1 heterocycles. The van der Waals surface area contributed by atoms with E-state index in [1.807, 2.05) is 36.4 Å². The van der Waals surface area contributed by atoms with E-state index in [0.29, 0.717) is 11.3 Å². The zero-order valence-corrected chi connectivity index (χ0v) is 10.1. The Labute approximate surface area is 110 Å². The van der Waals surface area contributed by atoms with Crippen LogP contribution in [0, 0.1) is 0 Å². The molecule has 0 bridgehead atoms. The lowest BCUT2D eigenvalue weighted by molar-refractivity contribution is 0.0954. The quantitative estimate of drug-likeness (QED) is 0.465. The number of hydrogen-bond donors (Lipinski definition) is 2. The van der Waals surface area contributed by atoms with Crippen LogP contribution in [0.1, 0.15) is 15.9 Å². The Morgan fingerprint density at radius 2 is 1.95 bits per heavy atom. The maximum absolute atomic E-state index is 11.9. The van der Waals surface area contributed by atoms with Crippen molar-refractivity contribution in [3.05, 3.63) is 59.9 Å². The van der Waals surface area contributed by atoms with Gasteiger partial charge in [0.25, 0.3) is 5.91 Å². The number of carbonyl (C=O) groups is 1. The monoisotopic (exact) mass is 252 g/mol. The minimum absolute atomic E-state index is 0.336. The van der Waals surface area contributed by atoms with Crippen LogP contribution in [-0.2, 0) is 0 Å². The fourth-order valence-corrected chi connectivity index (χ4v) is 2.22. The smallest absolute Gasteiger partial charge is 0.265 e. The fraction of sp³-hybridized carbons (Fsp3) is 0. The summed E-state index contributed by atoms with van der Waals surface area (Å²) in [4.78, 5) is 11.9. The zero-order valence-electron chi connectivity index (χ0n) is 10.1. The van der Waals surface area contributed by atoms with Gasteiger partial charge in [-0.05, 0) is 29.3 Å². The number of hydrazine groups is 1. The summed E-state index contributed by atoms with van der Waals surface area (Å²) in [6, 6.07) is 13.1. The molecule has 2 aromatic rings. The van der Waals surface area contributed by atoms with E-state index < -0.39 is 0 Å². The van der Waals surface area contributed by atoms with Crippen molar-refractivity contribution in [1.29, 1.82) is 0 Å². The zero-order chi connectivity index (χ0) is 13.2. The molecule has 1 amide bonds. The van der Waals surface area contributed by atoms with E-state index >= 15 is 0 Å². The van der Waals surface area contributed by atoms with E-state index in [4.69, 9.17) is 10.6 Å². The van der Waals surface area contributed by atoms with Gasteiger partial charge < -0.3 is 4.74 Å². The molecule has 3 rings (SSSR count). The molecule has 2 aromatic carbocycles. The van der Waals surface area contributed by atoms with E-state index in [2.05, 4.69) is 5.43 Å². The van der Waals surface area contributed by atoms with E-state index in [-0.39, 0.29) is 5.91 Å². The van der Waals surface area contributed by atoms with Crippen LogP contribution in [0.2, 0.25) is 0 Å². The van der Waals surface area contributed by atoms with Crippen LogP contribution in [0.15, 0.2) is 48.7 Å². The average molecular weight is 252 g/mol. The lowest BCUT2D eigenvalue weighted by Crippen LogP contribution is -2.30. The molecule has 1 aliphatic rings. The molecule has 0 radical (unpaired) electrons. The lowest BCUT2D eigenvalue weighted by atomic mass is 9.94. The van der Waals surface area contributed by atoms with Crippen molar-refractivity contribution in [2.45, 2.75) is 0 Å². The van der Waals surface area contributed by atoms with Crippen LogP contribution in [0.3, 0.4) is 0 Å². The summed E-state index contributed by atoms with van der Waals surface area (Å²) in [7, 11) is 0. The number of ether oxygens (including phenoxy) is 1. The number of nitrogen functional groups attached to an aromatic ring is 1. The van der Waals surface area contributed by atoms with Gasteiger partial charge in [-0.1, -0.05) is 30.3 Å². The molecule has 0 aromatic heterocycles. The Kier molecular flexibility index (Phi) is 2.78. The van der Waals surface area contributed by atoms with Gasteiger partial charge >= 0.3 is 0 Å². The van der Waals surface area contributed by atoms with Gasteiger partial charge in [0.05, 0.1) is 11.8 Å². The topological polar surface area (TPSA) is 64.3 Å². The van der Waals surface area contributed by atoms with Crippen LogP contribution < -0.4 is 16.0 Å². The molecule has 0 unspecified atom stereocenters. The standard InChI is InChI=1S/C15H12N2O2/c16-17-15(18)12-6-3-7-13-14(12)11-5-2-1-4-10(11)8-9-19-13/h1-9H,16H2,(H,17,18). The number of benzene rings is 2. The summed E-state index contributed by atoms with van der Waals surface area (Å²) in [6.45, 7) is 0. The maximum Gasteiger partial charge on any atom is 0.265 e. The molecular weight excluding hydrogens is 240 g/mol. The Morgan fingerprint density at radius 1 is 1.11 bits per heavy atom. The highest BCUT2D eigenvalue weighted by Gasteiger charge is 2.19. The molecule has 0 atom stereocenters. The predicted molar refractivity (Wildman–Crippen MR) is 73.2 cm³/mol. The number of rotatable bonds is 1. The highest BCUT2D eigenvalue weighted by molar-refractivity contribution is 6.03. The number of amides is 1. The third-order valence-electron chi connectivity index (χ3n) is 3.07. The van der Waals surface area contributed by atoms with E-state index in [1.54, 1.807) is 18.4 Å². The van der Waals surface area contributed by atoms with Crippen molar-refractivity contribution >= 4 is 12.0 Å². The first-order valence-electron chi connectivity index (χ1n) is 5.88. The molecule has 94 valence electrons. The first kappa shape index (κ1) is 11.5. The molecule has 0 saturated heterocycles. The second kappa shape index (κ2) is 4.59. The number of fused-ring (bicyclic) bond motifs is 3. The molecule has 1 aliphatic heterocycles. The van der Waals surface area contributed by atoms with Gasteiger partial charge in [0, 0.05) is 5.56 Å². The third kappa shape index (κ3) is 1.88. The third-order valence-corrected chi connectivity index (χ3v) is 3.07. The molecule has 3 N–H and O–H groups in total. The Hall–Kier alpha value is -2.59. The minimum atomic E-state index is -0.336.